The van der Waals surface area contributed by atoms with Gasteiger partial charge in [-0.3, -0.25) is 0 Å². The molecule has 0 amide bonds. The van der Waals surface area contributed by atoms with Crippen LogP contribution in [0.3, 0.4) is 0 Å². The van der Waals surface area contributed by atoms with Crippen LogP contribution in [0.5, 0.6) is 0 Å². The fraction of sp³-hybridized carbons (Fsp3) is 0.0200. The van der Waals surface area contributed by atoms with Crippen molar-refractivity contribution in [1.82, 2.24) is 15.0 Å². The van der Waals surface area contributed by atoms with Gasteiger partial charge in [0.1, 0.15) is 7.14 Å². The Morgan fingerprint density at radius 3 is 1.47 bits per heavy atom. The first-order valence-electron chi connectivity index (χ1n) is 18.4. The Labute approximate surface area is 320 Å². The summed E-state index contributed by atoms with van der Waals surface area (Å²) >= 11 is 0. The molecule has 0 N–H and O–H groups in total. The second kappa shape index (κ2) is 13.3. The largest absolute Gasteiger partial charge is 0.314 e. The van der Waals surface area contributed by atoms with Gasteiger partial charge < -0.3 is 4.57 Å². The molecule has 5 heteroatoms. The van der Waals surface area contributed by atoms with E-state index in [1.807, 2.05) is 61.3 Å². The minimum Gasteiger partial charge on any atom is -0.314 e. The fourth-order valence-electron chi connectivity index (χ4n) is 7.81. The second-order valence-electron chi connectivity index (χ2n) is 14.1. The van der Waals surface area contributed by atoms with Crippen molar-refractivity contribution in [3.8, 4) is 78.7 Å². The highest BCUT2D eigenvalue weighted by Crippen LogP contribution is 2.50. The quantitative estimate of drug-likeness (QED) is 0.160. The lowest BCUT2D eigenvalue weighted by atomic mass is 9.91. The molecule has 1 aromatic heterocycles. The molecule has 1 aliphatic heterocycles. The average molecular weight is 724 g/mol. The summed E-state index contributed by atoms with van der Waals surface area (Å²) in [7, 11) is -2.63. The third kappa shape index (κ3) is 5.88. The third-order valence-electron chi connectivity index (χ3n) is 10.7. The van der Waals surface area contributed by atoms with Crippen LogP contribution in [0.15, 0.2) is 188 Å². The van der Waals surface area contributed by atoms with E-state index in [9.17, 15) is 4.57 Å². The molecule has 0 fully saturated rings. The van der Waals surface area contributed by atoms with Crippen LogP contribution in [-0.4, -0.2) is 21.6 Å². The van der Waals surface area contributed by atoms with Gasteiger partial charge in [0, 0.05) is 27.3 Å². The number of fused-ring (bicyclic) bond motifs is 4. The van der Waals surface area contributed by atoms with Crippen molar-refractivity contribution in [1.29, 1.82) is 0 Å². The molecule has 0 bridgehead atoms. The van der Waals surface area contributed by atoms with Gasteiger partial charge >= 0.3 is 0 Å². The normalized spacial score (nSPS) is 14.4. The van der Waals surface area contributed by atoms with Crippen molar-refractivity contribution in [2.75, 3.05) is 6.66 Å². The number of nitrogens with zero attached hydrogens (tertiary/aromatic N) is 3. The molecule has 0 saturated heterocycles. The summed E-state index contributed by atoms with van der Waals surface area (Å²) < 4.78 is 13.9. The molecule has 4 nitrogen and oxygen atoms in total. The Balaban J connectivity index is 1.04. The third-order valence-corrected chi connectivity index (χ3v) is 13.3. The summed E-state index contributed by atoms with van der Waals surface area (Å²) in [5.74, 6) is 1.88. The molecular weight excluding hydrogens is 690 g/mol. The van der Waals surface area contributed by atoms with Gasteiger partial charge in [-0.1, -0.05) is 164 Å². The molecule has 1 aliphatic rings. The number of hydrogen-bond acceptors (Lipinski definition) is 4. The van der Waals surface area contributed by atoms with Crippen molar-refractivity contribution >= 4 is 28.5 Å². The van der Waals surface area contributed by atoms with Crippen LogP contribution < -0.4 is 10.6 Å². The van der Waals surface area contributed by atoms with Crippen molar-refractivity contribution in [2.45, 2.75) is 0 Å². The molecule has 2 heterocycles. The van der Waals surface area contributed by atoms with Gasteiger partial charge in [0.2, 0.25) is 0 Å². The topological polar surface area (TPSA) is 55.7 Å². The standard InChI is InChI=1S/C50H34N3OP/c1-55(54)46-19-11-10-18-43(46)45-31-39(28-29-47(45)55)41-30-40-16-8-9-17-42(40)44(32-41)35-22-26-38(27-23-35)50-52-48(36-14-6-3-7-15-36)51-49(53-50)37-24-20-34(21-25-37)33-12-4-2-5-13-33/h2-32H,1H3. The van der Waals surface area contributed by atoms with Gasteiger partial charge in [0.15, 0.2) is 17.5 Å². The van der Waals surface area contributed by atoms with E-state index >= 15 is 0 Å². The zero-order valence-corrected chi connectivity index (χ0v) is 31.0. The molecule has 0 aliphatic carbocycles. The van der Waals surface area contributed by atoms with Crippen molar-refractivity contribution in [3.63, 3.8) is 0 Å². The van der Waals surface area contributed by atoms with Crippen molar-refractivity contribution < 1.29 is 4.57 Å². The lowest BCUT2D eigenvalue weighted by Gasteiger charge is -2.14. The maximum atomic E-state index is 13.9. The Morgan fingerprint density at radius 1 is 0.345 bits per heavy atom. The maximum absolute atomic E-state index is 13.9. The first kappa shape index (κ1) is 32.9. The van der Waals surface area contributed by atoms with Crippen LogP contribution in [0.4, 0.5) is 0 Å². The van der Waals surface area contributed by atoms with E-state index in [1.165, 1.54) is 10.9 Å². The summed E-state index contributed by atoms with van der Waals surface area (Å²) in [6.07, 6.45) is 0. The number of rotatable bonds is 6. The van der Waals surface area contributed by atoms with Gasteiger partial charge in [-0.25, -0.2) is 15.0 Å². The predicted octanol–water partition coefficient (Wildman–Crippen LogP) is 12.0. The smallest absolute Gasteiger partial charge is 0.164 e. The second-order valence-corrected chi connectivity index (χ2v) is 16.9. The summed E-state index contributed by atoms with van der Waals surface area (Å²) in [5.41, 5.74) is 11.7. The van der Waals surface area contributed by atoms with Crippen LogP contribution in [0, 0.1) is 0 Å². The predicted molar refractivity (Wildman–Crippen MR) is 228 cm³/mol. The van der Waals surface area contributed by atoms with E-state index in [0.717, 1.165) is 71.6 Å². The minimum atomic E-state index is -2.63. The highest BCUT2D eigenvalue weighted by atomic mass is 31.2. The summed E-state index contributed by atoms with van der Waals surface area (Å²) in [5, 5.41) is 4.23. The average Bonchev–Trinajstić information content (AvgIpc) is 3.49. The summed E-state index contributed by atoms with van der Waals surface area (Å²) in [6.45, 7) is 1.89. The van der Waals surface area contributed by atoms with Gasteiger partial charge in [0.25, 0.3) is 0 Å². The highest BCUT2D eigenvalue weighted by Gasteiger charge is 2.34. The van der Waals surface area contributed by atoms with E-state index in [2.05, 4.69) is 133 Å². The highest BCUT2D eigenvalue weighted by molar-refractivity contribution is 7.79. The molecule has 8 aromatic carbocycles. The Kier molecular flexibility index (Phi) is 7.94. The van der Waals surface area contributed by atoms with Crippen molar-refractivity contribution in [2.24, 2.45) is 0 Å². The van der Waals surface area contributed by atoms with Gasteiger partial charge in [-0.2, -0.15) is 0 Å². The van der Waals surface area contributed by atoms with E-state index in [-0.39, 0.29) is 0 Å². The molecule has 10 rings (SSSR count). The Hall–Kier alpha value is -6.74. The van der Waals surface area contributed by atoms with Crippen LogP contribution >= 0.6 is 7.14 Å². The Morgan fingerprint density at radius 2 is 0.800 bits per heavy atom. The first-order chi connectivity index (χ1) is 27.0. The van der Waals surface area contributed by atoms with Gasteiger partial charge in [-0.05, 0) is 86.2 Å². The van der Waals surface area contributed by atoms with Crippen LogP contribution in [-0.2, 0) is 4.57 Å². The van der Waals surface area contributed by atoms with Gasteiger partial charge in [-0.15, -0.1) is 0 Å². The zero-order chi connectivity index (χ0) is 36.9. The molecule has 0 radical (unpaired) electrons. The van der Waals surface area contributed by atoms with Crippen LogP contribution in [0.2, 0.25) is 0 Å². The van der Waals surface area contributed by atoms with E-state index in [4.69, 9.17) is 15.0 Å². The van der Waals surface area contributed by atoms with Crippen LogP contribution in [0.25, 0.3) is 89.4 Å². The molecule has 0 spiro atoms. The Bertz CT molecular complexity index is 2940. The molecule has 9 aromatic rings. The van der Waals surface area contributed by atoms with Crippen LogP contribution in [0.1, 0.15) is 0 Å². The molecule has 0 saturated carbocycles. The number of aromatic nitrogens is 3. The minimum absolute atomic E-state index is 0.618. The number of hydrogen-bond donors (Lipinski definition) is 0. The molecular formula is C50H34N3OP. The van der Waals surface area contributed by atoms with Gasteiger partial charge in [0.05, 0.1) is 0 Å². The molecule has 260 valence electrons. The zero-order valence-electron chi connectivity index (χ0n) is 30.1. The fourth-order valence-corrected chi connectivity index (χ4v) is 10.1. The van der Waals surface area contributed by atoms with E-state index < -0.39 is 7.14 Å². The van der Waals surface area contributed by atoms with E-state index in [0.29, 0.717) is 17.5 Å². The monoisotopic (exact) mass is 723 g/mol. The SMILES string of the molecule is CP1(=O)c2ccccc2-c2cc(-c3cc(-c4ccc(-c5nc(-c6ccccc6)nc(-c6ccc(-c7ccccc7)cc6)n5)cc4)c4ccccc4c3)ccc21. The van der Waals surface area contributed by atoms with E-state index in [1.54, 1.807) is 0 Å². The van der Waals surface area contributed by atoms with Crippen molar-refractivity contribution in [3.05, 3.63) is 188 Å². The lowest BCUT2D eigenvalue weighted by molar-refractivity contribution is 0.591. The summed E-state index contributed by atoms with van der Waals surface area (Å²) in [6, 6.07) is 64.9. The summed E-state index contributed by atoms with van der Waals surface area (Å²) in [4.78, 5) is 14.9. The lowest BCUT2D eigenvalue weighted by Crippen LogP contribution is -2.07. The first-order valence-corrected chi connectivity index (χ1v) is 20.6. The maximum Gasteiger partial charge on any atom is 0.164 e. The number of benzene rings is 8. The molecule has 1 unspecified atom stereocenters. The molecule has 1 atom stereocenters. The molecule has 55 heavy (non-hydrogen) atoms.